The van der Waals surface area contributed by atoms with Crippen molar-refractivity contribution in [2.24, 2.45) is 5.92 Å². The SMILES string of the molecule is Cc1noc(C)c1C1=CNC2C(c3ccc(CC=O)cc3)=CN(CC3CCOCC3)C2=C1. The van der Waals surface area contributed by atoms with Crippen molar-refractivity contribution in [3.05, 3.63) is 76.6 Å². The van der Waals surface area contributed by atoms with Crippen molar-refractivity contribution < 1.29 is 14.1 Å². The number of aldehydes is 1. The van der Waals surface area contributed by atoms with Crippen LogP contribution in [0.4, 0.5) is 0 Å². The van der Waals surface area contributed by atoms with Crippen LogP contribution in [-0.4, -0.2) is 42.1 Å². The van der Waals surface area contributed by atoms with Gasteiger partial charge < -0.3 is 24.3 Å². The van der Waals surface area contributed by atoms with E-state index in [1.165, 1.54) is 16.8 Å². The lowest BCUT2D eigenvalue weighted by Gasteiger charge is -2.31. The minimum atomic E-state index is 0.0935. The first-order valence-corrected chi connectivity index (χ1v) is 11.3. The number of carbonyl (C=O) groups excluding carboxylic acids is 1. The zero-order chi connectivity index (χ0) is 22.1. The Morgan fingerprint density at radius 3 is 2.66 bits per heavy atom. The Morgan fingerprint density at radius 2 is 1.97 bits per heavy atom. The first-order valence-electron chi connectivity index (χ1n) is 11.3. The van der Waals surface area contributed by atoms with Crippen LogP contribution in [0.3, 0.4) is 0 Å². The number of nitrogens with one attached hydrogen (secondary N) is 1. The van der Waals surface area contributed by atoms with Gasteiger partial charge in [0.15, 0.2) is 0 Å². The van der Waals surface area contributed by atoms with Crippen LogP contribution in [-0.2, 0) is 16.0 Å². The number of benzene rings is 1. The van der Waals surface area contributed by atoms with Gasteiger partial charge >= 0.3 is 0 Å². The third kappa shape index (κ3) is 3.91. The van der Waals surface area contributed by atoms with Gasteiger partial charge in [-0.25, -0.2) is 0 Å². The summed E-state index contributed by atoms with van der Waals surface area (Å²) in [6.07, 6.45) is 10.2. The number of hydrogen-bond donors (Lipinski definition) is 1. The summed E-state index contributed by atoms with van der Waals surface area (Å²) in [6.45, 7) is 6.61. The molecule has 0 radical (unpaired) electrons. The third-order valence-corrected chi connectivity index (χ3v) is 6.67. The summed E-state index contributed by atoms with van der Waals surface area (Å²) in [5, 5.41) is 7.78. The Bertz CT molecular complexity index is 1070. The Balaban J connectivity index is 1.48. The van der Waals surface area contributed by atoms with E-state index in [1.54, 1.807) is 0 Å². The van der Waals surface area contributed by atoms with Gasteiger partial charge in [-0.05, 0) is 49.8 Å². The molecule has 3 aliphatic heterocycles. The molecule has 1 fully saturated rings. The Labute approximate surface area is 188 Å². The molecule has 1 N–H and O–H groups in total. The highest BCUT2D eigenvalue weighted by Gasteiger charge is 2.34. The standard InChI is InChI=1S/C26H29N3O3/c1-17-25(18(2)32-28-17)22-13-24-26(27-14-22)23(21-5-3-19(4-6-21)7-10-30)16-29(24)15-20-8-11-31-12-9-20/h3-6,10,13-14,16,20,26-27H,7-9,11-12,15H2,1-2H3. The summed E-state index contributed by atoms with van der Waals surface area (Å²) in [5.41, 5.74) is 7.76. The van der Waals surface area contributed by atoms with Gasteiger partial charge in [-0.2, -0.15) is 0 Å². The topological polar surface area (TPSA) is 67.6 Å². The largest absolute Gasteiger partial charge is 0.381 e. The second-order valence-electron chi connectivity index (χ2n) is 8.83. The average Bonchev–Trinajstić information content (AvgIpc) is 3.34. The van der Waals surface area contributed by atoms with Crippen LogP contribution in [0, 0.1) is 19.8 Å². The van der Waals surface area contributed by atoms with Gasteiger partial charge in [0.2, 0.25) is 0 Å². The molecule has 6 nitrogen and oxygen atoms in total. The summed E-state index contributed by atoms with van der Waals surface area (Å²) in [5.74, 6) is 1.45. The van der Waals surface area contributed by atoms with Gasteiger partial charge in [-0.3, -0.25) is 0 Å². The highest BCUT2D eigenvalue weighted by Crippen LogP contribution is 2.39. The molecule has 0 aliphatic carbocycles. The molecule has 3 aliphatic rings. The van der Waals surface area contributed by atoms with E-state index in [2.05, 4.69) is 46.0 Å². The molecule has 0 amide bonds. The lowest BCUT2D eigenvalue weighted by atomic mass is 9.93. The molecule has 0 saturated carbocycles. The van der Waals surface area contributed by atoms with Crippen LogP contribution in [0.25, 0.3) is 11.1 Å². The Morgan fingerprint density at radius 1 is 1.19 bits per heavy atom. The first kappa shape index (κ1) is 20.8. The van der Waals surface area contributed by atoms with Crippen LogP contribution in [0.2, 0.25) is 0 Å². The zero-order valence-electron chi connectivity index (χ0n) is 18.6. The number of carbonyl (C=O) groups is 1. The van der Waals surface area contributed by atoms with Crippen molar-refractivity contribution in [2.75, 3.05) is 19.8 Å². The molecule has 1 aromatic heterocycles. The van der Waals surface area contributed by atoms with E-state index in [0.717, 1.165) is 67.0 Å². The maximum atomic E-state index is 10.8. The lowest BCUT2D eigenvalue weighted by molar-refractivity contribution is -0.107. The van der Waals surface area contributed by atoms with Crippen molar-refractivity contribution in [3.8, 4) is 0 Å². The molecule has 4 heterocycles. The second-order valence-corrected chi connectivity index (χ2v) is 8.83. The molecule has 166 valence electrons. The van der Waals surface area contributed by atoms with Crippen molar-refractivity contribution >= 4 is 17.4 Å². The minimum absolute atomic E-state index is 0.0935. The van der Waals surface area contributed by atoms with E-state index in [-0.39, 0.29) is 6.04 Å². The number of rotatable bonds is 6. The molecule has 1 aromatic carbocycles. The fraction of sp³-hybridized carbons (Fsp3) is 0.385. The normalized spacial score (nSPS) is 20.9. The smallest absolute Gasteiger partial charge is 0.141 e. The molecular formula is C26H29N3O3. The van der Waals surface area contributed by atoms with Crippen molar-refractivity contribution in [1.29, 1.82) is 0 Å². The van der Waals surface area contributed by atoms with Gasteiger partial charge in [0.25, 0.3) is 0 Å². The number of nitrogens with zero attached hydrogens (tertiary/aromatic N) is 2. The predicted octanol–water partition coefficient (Wildman–Crippen LogP) is 4.01. The van der Waals surface area contributed by atoms with Crippen molar-refractivity contribution in [2.45, 2.75) is 39.2 Å². The van der Waals surface area contributed by atoms with Gasteiger partial charge in [-0.15, -0.1) is 0 Å². The molecular weight excluding hydrogens is 402 g/mol. The fourth-order valence-electron chi connectivity index (χ4n) is 4.93. The third-order valence-electron chi connectivity index (χ3n) is 6.67. The van der Waals surface area contributed by atoms with Crippen LogP contribution < -0.4 is 5.32 Å². The summed E-state index contributed by atoms with van der Waals surface area (Å²) in [7, 11) is 0. The molecule has 1 saturated heterocycles. The molecule has 5 rings (SSSR count). The molecule has 32 heavy (non-hydrogen) atoms. The van der Waals surface area contributed by atoms with Gasteiger partial charge in [0.05, 0.1) is 11.7 Å². The average molecular weight is 432 g/mol. The quantitative estimate of drug-likeness (QED) is 0.697. The maximum Gasteiger partial charge on any atom is 0.141 e. The second kappa shape index (κ2) is 8.79. The van der Waals surface area contributed by atoms with Crippen LogP contribution in [0.15, 0.2) is 53.0 Å². The Hall–Kier alpha value is -3.12. The van der Waals surface area contributed by atoms with Crippen molar-refractivity contribution in [3.63, 3.8) is 0 Å². The molecule has 6 heteroatoms. The highest BCUT2D eigenvalue weighted by molar-refractivity contribution is 5.83. The van der Waals surface area contributed by atoms with E-state index >= 15 is 0 Å². The Kier molecular flexibility index (Phi) is 5.70. The van der Waals surface area contributed by atoms with Crippen LogP contribution in [0.5, 0.6) is 0 Å². The number of fused-ring (bicyclic) bond motifs is 1. The predicted molar refractivity (Wildman–Crippen MR) is 123 cm³/mol. The van der Waals surface area contributed by atoms with E-state index in [9.17, 15) is 4.79 Å². The highest BCUT2D eigenvalue weighted by atomic mass is 16.5. The van der Waals surface area contributed by atoms with E-state index in [4.69, 9.17) is 9.26 Å². The number of ether oxygens (including phenoxy) is 1. The summed E-state index contributed by atoms with van der Waals surface area (Å²) >= 11 is 0. The minimum Gasteiger partial charge on any atom is -0.381 e. The molecule has 1 unspecified atom stereocenters. The van der Waals surface area contributed by atoms with Crippen LogP contribution >= 0.6 is 0 Å². The summed E-state index contributed by atoms with van der Waals surface area (Å²) < 4.78 is 11.0. The van der Waals surface area contributed by atoms with E-state index in [0.29, 0.717) is 12.3 Å². The maximum absolute atomic E-state index is 10.8. The molecule has 0 bridgehead atoms. The number of allylic oxidation sites excluding steroid dienone is 2. The number of aryl methyl sites for hydroxylation is 2. The fourth-order valence-corrected chi connectivity index (χ4v) is 4.93. The molecule has 2 aromatic rings. The molecule has 0 spiro atoms. The molecule has 1 atom stereocenters. The van der Waals surface area contributed by atoms with E-state index in [1.807, 2.05) is 26.0 Å². The zero-order valence-corrected chi connectivity index (χ0v) is 18.6. The van der Waals surface area contributed by atoms with Crippen molar-refractivity contribution in [1.82, 2.24) is 15.4 Å². The van der Waals surface area contributed by atoms with Crippen LogP contribution in [0.1, 0.15) is 41.0 Å². The number of hydrogen-bond acceptors (Lipinski definition) is 6. The van der Waals surface area contributed by atoms with Gasteiger partial charge in [-0.1, -0.05) is 29.4 Å². The van der Waals surface area contributed by atoms with E-state index < -0.39 is 0 Å². The number of aromatic nitrogens is 1. The lowest BCUT2D eigenvalue weighted by Crippen LogP contribution is -2.35. The first-order chi connectivity index (χ1) is 15.6. The summed E-state index contributed by atoms with van der Waals surface area (Å²) in [4.78, 5) is 13.3. The summed E-state index contributed by atoms with van der Waals surface area (Å²) in [6, 6.07) is 8.42. The van der Waals surface area contributed by atoms with Gasteiger partial charge in [0, 0.05) is 61.0 Å². The number of dihydropyridines is 1. The van der Waals surface area contributed by atoms with Gasteiger partial charge in [0.1, 0.15) is 12.0 Å². The monoisotopic (exact) mass is 431 g/mol.